The number of hydrogen-bond acceptors (Lipinski definition) is 7. The zero-order valence-electron chi connectivity index (χ0n) is 21.4. The van der Waals surface area contributed by atoms with Crippen LogP contribution in [0.25, 0.3) is 0 Å². The second-order valence-electron chi connectivity index (χ2n) is 7.72. The van der Waals surface area contributed by atoms with Gasteiger partial charge in [0.25, 0.3) is 0 Å². The van der Waals surface area contributed by atoms with Gasteiger partial charge in [-0.1, -0.05) is 51.2 Å². The lowest BCUT2D eigenvalue weighted by Gasteiger charge is -2.32. The Hall–Kier alpha value is -2.97. The Labute approximate surface area is 207 Å². The number of nitrogens with one attached hydrogen (secondary N) is 1. The molecule has 1 aromatic heterocycles. The summed E-state index contributed by atoms with van der Waals surface area (Å²) in [5, 5.41) is 3.62. The number of ether oxygens (including phenoxy) is 1. The highest BCUT2D eigenvalue weighted by molar-refractivity contribution is 7.18. The first kappa shape index (κ1) is 29.1. The number of thiazole rings is 1. The molecule has 0 amide bonds. The number of aromatic nitrogens is 1. The minimum absolute atomic E-state index is 0.0834. The second kappa shape index (κ2) is 13.7. The van der Waals surface area contributed by atoms with Gasteiger partial charge in [-0.15, -0.1) is 0 Å². The summed E-state index contributed by atoms with van der Waals surface area (Å²) < 4.78 is 19.3. The fourth-order valence-corrected chi connectivity index (χ4v) is 3.32. The quantitative estimate of drug-likeness (QED) is 0.347. The largest absolute Gasteiger partial charge is 0.492 e. The van der Waals surface area contributed by atoms with Gasteiger partial charge in [-0.3, -0.25) is 4.79 Å². The maximum Gasteiger partial charge on any atom is 0.206 e. The highest BCUT2D eigenvalue weighted by Crippen LogP contribution is 2.30. The zero-order chi connectivity index (χ0) is 25.9. The molecule has 3 rings (SSSR count). The molecule has 0 saturated carbocycles. The molecule has 0 fully saturated rings. The molecule has 0 saturated heterocycles. The molecular formula is C26H37FN4O2S. The van der Waals surface area contributed by atoms with E-state index in [-0.39, 0.29) is 27.6 Å². The Balaban J connectivity index is 0.00000137. The van der Waals surface area contributed by atoms with Crippen LogP contribution in [0.5, 0.6) is 5.75 Å². The summed E-state index contributed by atoms with van der Waals surface area (Å²) in [6, 6.07) is 13.0. The van der Waals surface area contributed by atoms with E-state index in [1.807, 2.05) is 66.1 Å². The van der Waals surface area contributed by atoms with E-state index in [1.54, 1.807) is 6.07 Å². The fraction of sp³-hybridized carbons (Fsp3) is 0.385. The average molecular weight is 489 g/mol. The van der Waals surface area contributed by atoms with Crippen LogP contribution in [0.1, 0.15) is 56.8 Å². The van der Waals surface area contributed by atoms with Crippen LogP contribution >= 0.6 is 11.3 Å². The first-order valence-electron chi connectivity index (χ1n) is 11.4. The van der Waals surface area contributed by atoms with E-state index in [0.29, 0.717) is 11.7 Å². The summed E-state index contributed by atoms with van der Waals surface area (Å²) >= 11 is 1.13. The van der Waals surface area contributed by atoms with E-state index in [2.05, 4.69) is 29.0 Å². The summed E-state index contributed by atoms with van der Waals surface area (Å²) in [5.74, 6) is 0.0436. The Kier molecular flexibility index (Phi) is 11.7. The van der Waals surface area contributed by atoms with Crippen molar-refractivity contribution in [3.63, 3.8) is 0 Å². The zero-order valence-corrected chi connectivity index (χ0v) is 22.2. The van der Waals surface area contributed by atoms with Gasteiger partial charge in [0.05, 0.1) is 0 Å². The van der Waals surface area contributed by atoms with Crippen LogP contribution in [0, 0.1) is 5.82 Å². The monoisotopic (exact) mass is 488 g/mol. The number of nitrogens with two attached hydrogens (primary N) is 1. The maximum absolute atomic E-state index is 13.4. The number of likely N-dealkylation sites (N-methyl/N-ethyl adjacent to an activating group) is 1. The summed E-state index contributed by atoms with van der Waals surface area (Å²) in [6.45, 7) is 12.8. The lowest BCUT2D eigenvalue weighted by atomic mass is 10.1. The predicted octanol–water partition coefficient (Wildman–Crippen LogP) is 6.61. The molecule has 0 aliphatic rings. The van der Waals surface area contributed by atoms with Gasteiger partial charge < -0.3 is 20.7 Å². The number of hydrogen-bond donors (Lipinski definition) is 2. The van der Waals surface area contributed by atoms with E-state index < -0.39 is 5.82 Å². The Bertz CT molecular complexity index is 1030. The summed E-state index contributed by atoms with van der Waals surface area (Å²) in [4.78, 5) is 19.2. The third-order valence-corrected chi connectivity index (χ3v) is 5.84. The van der Waals surface area contributed by atoms with Crippen LogP contribution in [-0.4, -0.2) is 41.9 Å². The third kappa shape index (κ3) is 8.11. The number of ketones is 1. The third-order valence-electron chi connectivity index (χ3n) is 4.85. The van der Waals surface area contributed by atoms with Crippen LogP contribution in [0.2, 0.25) is 0 Å². The molecule has 0 aliphatic carbocycles. The Morgan fingerprint density at radius 2 is 1.74 bits per heavy atom. The molecule has 2 aromatic carbocycles. The van der Waals surface area contributed by atoms with Gasteiger partial charge >= 0.3 is 0 Å². The van der Waals surface area contributed by atoms with Crippen LogP contribution in [0.4, 0.5) is 21.0 Å². The number of nitrogens with zero attached hydrogens (tertiary/aromatic N) is 2. The summed E-state index contributed by atoms with van der Waals surface area (Å²) in [7, 11) is 4.03. The number of nitrogen functional groups attached to an aromatic ring is 1. The van der Waals surface area contributed by atoms with E-state index in [9.17, 15) is 9.18 Å². The molecule has 6 nitrogen and oxygen atoms in total. The number of halogens is 1. The van der Waals surface area contributed by atoms with Crippen molar-refractivity contribution in [1.82, 2.24) is 9.88 Å². The fourth-order valence-electron chi connectivity index (χ4n) is 2.46. The molecule has 0 aliphatic heterocycles. The van der Waals surface area contributed by atoms with Crippen molar-refractivity contribution in [3.8, 4) is 5.75 Å². The standard InChI is InChI=1S/C22H25FN4O2S.2C2H6/c1-22(2,27(3)4)13-29-17-10-8-16(9-11-17)25-21-26-20(24)19(30-21)18(28)14-6-5-7-15(23)12-14;2*1-2/h5-12H,13,24H2,1-4H3,(H,25,26);2*1-2H3. The molecule has 34 heavy (non-hydrogen) atoms. The van der Waals surface area contributed by atoms with Crippen molar-refractivity contribution in [3.05, 3.63) is 64.8 Å². The van der Waals surface area contributed by atoms with Crippen molar-refractivity contribution < 1.29 is 13.9 Å². The molecule has 3 N–H and O–H groups in total. The molecule has 186 valence electrons. The highest BCUT2D eigenvalue weighted by atomic mass is 32.1. The molecule has 0 atom stereocenters. The molecule has 8 heteroatoms. The van der Waals surface area contributed by atoms with Gasteiger partial charge in [0.2, 0.25) is 5.78 Å². The average Bonchev–Trinajstić information content (AvgIpc) is 3.20. The van der Waals surface area contributed by atoms with Gasteiger partial charge in [0, 0.05) is 16.8 Å². The normalized spacial score (nSPS) is 10.5. The molecule has 1 heterocycles. The number of rotatable bonds is 8. The maximum atomic E-state index is 13.4. The van der Waals surface area contributed by atoms with Crippen LogP contribution in [-0.2, 0) is 0 Å². The first-order chi connectivity index (χ1) is 16.2. The minimum atomic E-state index is -0.474. The molecule has 0 unspecified atom stereocenters. The number of carbonyl (C=O) groups is 1. The Morgan fingerprint density at radius 1 is 1.12 bits per heavy atom. The van der Waals surface area contributed by atoms with Crippen molar-refractivity contribution in [2.45, 2.75) is 47.1 Å². The van der Waals surface area contributed by atoms with Gasteiger partial charge in [-0.05, 0) is 64.3 Å². The number of benzene rings is 2. The summed E-state index contributed by atoms with van der Waals surface area (Å²) in [6.07, 6.45) is 0. The minimum Gasteiger partial charge on any atom is -0.492 e. The molecule has 0 radical (unpaired) electrons. The number of anilines is 3. The lowest BCUT2D eigenvalue weighted by Crippen LogP contribution is -2.43. The lowest BCUT2D eigenvalue weighted by molar-refractivity contribution is 0.104. The second-order valence-corrected chi connectivity index (χ2v) is 8.72. The van der Waals surface area contributed by atoms with Gasteiger partial charge in [-0.2, -0.15) is 0 Å². The van der Waals surface area contributed by atoms with E-state index in [0.717, 1.165) is 22.8 Å². The van der Waals surface area contributed by atoms with Crippen LogP contribution in [0.15, 0.2) is 48.5 Å². The predicted molar refractivity (Wildman–Crippen MR) is 142 cm³/mol. The molecule has 0 bridgehead atoms. The summed E-state index contributed by atoms with van der Waals surface area (Å²) in [5.41, 5.74) is 6.86. The van der Waals surface area contributed by atoms with E-state index in [4.69, 9.17) is 10.5 Å². The van der Waals surface area contributed by atoms with Crippen LogP contribution in [0.3, 0.4) is 0 Å². The van der Waals surface area contributed by atoms with Gasteiger partial charge in [-0.25, -0.2) is 9.37 Å². The molecule has 3 aromatic rings. The first-order valence-corrected chi connectivity index (χ1v) is 12.2. The molecule has 0 spiro atoms. The highest BCUT2D eigenvalue weighted by Gasteiger charge is 2.21. The van der Waals surface area contributed by atoms with Crippen molar-refractivity contribution in [1.29, 1.82) is 0 Å². The Morgan fingerprint density at radius 3 is 2.29 bits per heavy atom. The van der Waals surface area contributed by atoms with E-state index in [1.165, 1.54) is 18.2 Å². The van der Waals surface area contributed by atoms with Gasteiger partial charge in [0.1, 0.15) is 28.9 Å². The van der Waals surface area contributed by atoms with Gasteiger partial charge in [0.15, 0.2) is 5.13 Å². The van der Waals surface area contributed by atoms with Crippen molar-refractivity contribution in [2.24, 2.45) is 0 Å². The van der Waals surface area contributed by atoms with Crippen LogP contribution < -0.4 is 15.8 Å². The molecular weight excluding hydrogens is 451 g/mol. The smallest absolute Gasteiger partial charge is 0.206 e. The SMILES string of the molecule is CC.CC.CN(C)C(C)(C)COc1ccc(Nc2nc(N)c(C(=O)c3cccc(F)c3)s2)cc1. The van der Waals surface area contributed by atoms with Crippen molar-refractivity contribution >= 4 is 33.8 Å². The topological polar surface area (TPSA) is 80.5 Å². The van der Waals surface area contributed by atoms with Crippen molar-refractivity contribution in [2.75, 3.05) is 31.8 Å². The number of carbonyl (C=O) groups excluding carboxylic acids is 1. The van der Waals surface area contributed by atoms with E-state index >= 15 is 0 Å².